The van der Waals surface area contributed by atoms with Gasteiger partial charge in [0.2, 0.25) is 11.8 Å². The Balaban J connectivity index is 0.876. The predicted octanol–water partition coefficient (Wildman–Crippen LogP) is 8.37. The third-order valence-corrected chi connectivity index (χ3v) is 12.6. The number of H-pyrrole nitrogens is 1. The van der Waals surface area contributed by atoms with Crippen LogP contribution >= 0.6 is 0 Å². The van der Waals surface area contributed by atoms with Gasteiger partial charge in [0.1, 0.15) is 17.6 Å². The van der Waals surface area contributed by atoms with Gasteiger partial charge in [-0.1, -0.05) is 68.4 Å². The van der Waals surface area contributed by atoms with Gasteiger partial charge >= 0.3 is 12.3 Å². The number of alkyl carbamates (subject to hydrolysis) is 1. The Morgan fingerprint density at radius 2 is 1.59 bits per heavy atom. The summed E-state index contributed by atoms with van der Waals surface area (Å²) in [5.41, 5.74) is 6.74. The highest BCUT2D eigenvalue weighted by Gasteiger charge is 2.52. The summed E-state index contributed by atoms with van der Waals surface area (Å²) in [6.45, 7) is 4.50. The lowest BCUT2D eigenvalue weighted by Gasteiger charge is -2.30. The molecule has 2 aliphatic carbocycles. The third kappa shape index (κ3) is 8.26. The second kappa shape index (κ2) is 16.5. The van der Waals surface area contributed by atoms with Crippen LogP contribution in [0.25, 0.3) is 28.0 Å². The molecule has 2 aromatic carbocycles. The average molecular weight is 808 g/mol. The molecule has 3 fully saturated rings. The number of amides is 3. The summed E-state index contributed by atoms with van der Waals surface area (Å²) in [6.07, 6.45) is 5.11. The lowest BCUT2D eigenvalue weighted by Crippen LogP contribution is -2.51. The van der Waals surface area contributed by atoms with Crippen LogP contribution in [-0.2, 0) is 27.0 Å². The van der Waals surface area contributed by atoms with Crippen LogP contribution in [0.5, 0.6) is 0 Å². The molecule has 3 amide bonds. The molecule has 0 spiro atoms. The maximum atomic E-state index is 13.6. The topological polar surface area (TPSA) is 142 Å². The van der Waals surface area contributed by atoms with E-state index in [9.17, 15) is 27.6 Å². The SMILES string of the molecule is COC(=O)N[C@H](C(=O)N1CCC[C@H]1c1ncc(-c2ccc(-c3ccc(C4=CN=C([C@H]5C6CCC(C6)[C@@H]5C(=O)NCc5ccc(C(F)(F)F)nc5)C4)cc3)cc2)[nH]1)C(C)C. The van der Waals surface area contributed by atoms with Gasteiger partial charge in [-0.05, 0) is 89.3 Å². The summed E-state index contributed by atoms with van der Waals surface area (Å²) in [5.74, 6) is 0.898. The number of pyridine rings is 1. The van der Waals surface area contributed by atoms with Gasteiger partial charge < -0.3 is 25.3 Å². The van der Waals surface area contributed by atoms with E-state index in [4.69, 9.17) is 9.73 Å². The molecule has 4 aliphatic rings. The first-order valence-corrected chi connectivity index (χ1v) is 20.3. The smallest absolute Gasteiger partial charge is 0.433 e. The number of nitrogens with one attached hydrogen (secondary N) is 3. The largest absolute Gasteiger partial charge is 0.453 e. The van der Waals surface area contributed by atoms with E-state index in [1.807, 2.05) is 20.0 Å². The number of alkyl halides is 3. The van der Waals surface area contributed by atoms with Crippen molar-refractivity contribution >= 4 is 29.2 Å². The van der Waals surface area contributed by atoms with E-state index in [1.165, 1.54) is 19.4 Å². The molecule has 4 heterocycles. The molecule has 2 bridgehead atoms. The van der Waals surface area contributed by atoms with Crippen molar-refractivity contribution in [3.8, 4) is 22.4 Å². The van der Waals surface area contributed by atoms with E-state index < -0.39 is 24.0 Å². The van der Waals surface area contributed by atoms with Gasteiger partial charge in [-0.3, -0.25) is 19.6 Å². The van der Waals surface area contributed by atoms with Crippen molar-refractivity contribution in [2.75, 3.05) is 13.7 Å². The van der Waals surface area contributed by atoms with Gasteiger partial charge in [-0.25, -0.2) is 9.78 Å². The molecule has 6 atom stereocenters. The molecule has 2 aromatic heterocycles. The molecule has 8 rings (SSSR count). The number of fused-ring (bicyclic) bond motifs is 2. The number of aliphatic imine (C=N–C) groups is 1. The fourth-order valence-corrected chi connectivity index (χ4v) is 9.54. The predicted molar refractivity (Wildman–Crippen MR) is 216 cm³/mol. The third-order valence-electron chi connectivity index (χ3n) is 12.6. The molecule has 2 saturated carbocycles. The van der Waals surface area contributed by atoms with Crippen molar-refractivity contribution in [3.05, 3.63) is 102 Å². The van der Waals surface area contributed by atoms with Crippen LogP contribution in [0.2, 0.25) is 0 Å². The van der Waals surface area contributed by atoms with Crippen molar-refractivity contribution in [1.82, 2.24) is 30.5 Å². The van der Waals surface area contributed by atoms with E-state index in [-0.39, 0.29) is 48.1 Å². The van der Waals surface area contributed by atoms with Crippen LogP contribution in [0.15, 0.2) is 84.2 Å². The Morgan fingerprint density at radius 3 is 2.25 bits per heavy atom. The zero-order chi connectivity index (χ0) is 41.4. The highest BCUT2D eigenvalue weighted by Crippen LogP contribution is 2.54. The van der Waals surface area contributed by atoms with Gasteiger partial charge in [0.15, 0.2) is 0 Å². The molecular weight excluding hydrogens is 760 g/mol. The second-order valence-electron chi connectivity index (χ2n) is 16.5. The number of likely N-dealkylation sites (tertiary alicyclic amines) is 1. The summed E-state index contributed by atoms with van der Waals surface area (Å²) in [7, 11) is 1.28. The molecule has 2 unspecified atom stereocenters. The van der Waals surface area contributed by atoms with Crippen LogP contribution in [0.3, 0.4) is 0 Å². The van der Waals surface area contributed by atoms with Gasteiger partial charge in [-0.2, -0.15) is 13.2 Å². The number of hydrogen-bond acceptors (Lipinski definition) is 7. The van der Waals surface area contributed by atoms with E-state index in [2.05, 4.69) is 74.1 Å². The quantitative estimate of drug-likeness (QED) is 0.139. The average Bonchev–Trinajstić information content (AvgIpc) is 4.10. The van der Waals surface area contributed by atoms with Gasteiger partial charge in [-0.15, -0.1) is 0 Å². The summed E-state index contributed by atoms with van der Waals surface area (Å²) in [6, 6.07) is 18.1. The zero-order valence-corrected chi connectivity index (χ0v) is 33.3. The summed E-state index contributed by atoms with van der Waals surface area (Å²) >= 11 is 0. The van der Waals surface area contributed by atoms with E-state index in [0.29, 0.717) is 30.3 Å². The minimum absolute atomic E-state index is 0.0455. The van der Waals surface area contributed by atoms with Crippen molar-refractivity contribution in [2.24, 2.45) is 34.6 Å². The molecule has 11 nitrogen and oxygen atoms in total. The molecule has 1 saturated heterocycles. The first-order valence-electron chi connectivity index (χ1n) is 20.3. The van der Waals surface area contributed by atoms with Crippen LogP contribution in [0.4, 0.5) is 18.0 Å². The highest BCUT2D eigenvalue weighted by atomic mass is 19.4. The Morgan fingerprint density at radius 1 is 0.898 bits per heavy atom. The van der Waals surface area contributed by atoms with Gasteiger partial charge in [0, 0.05) is 49.5 Å². The number of allylic oxidation sites excluding steroid dienone is 1. The Bertz CT molecular complexity index is 2250. The molecule has 2 aliphatic heterocycles. The number of hydrogen-bond donors (Lipinski definition) is 3. The molecule has 14 heteroatoms. The lowest BCUT2D eigenvalue weighted by atomic mass is 9.75. The summed E-state index contributed by atoms with van der Waals surface area (Å²) < 4.78 is 43.6. The summed E-state index contributed by atoms with van der Waals surface area (Å²) in [5, 5.41) is 5.67. The number of imidazole rings is 1. The number of carbonyl (C=O) groups is 3. The minimum Gasteiger partial charge on any atom is -0.453 e. The Labute approximate surface area is 341 Å². The first kappa shape index (κ1) is 40.0. The number of carbonyl (C=O) groups excluding carboxylic acids is 3. The van der Waals surface area contributed by atoms with Crippen LogP contribution in [0.1, 0.15) is 81.1 Å². The minimum atomic E-state index is -4.51. The van der Waals surface area contributed by atoms with Crippen molar-refractivity contribution in [1.29, 1.82) is 0 Å². The highest BCUT2D eigenvalue weighted by molar-refractivity contribution is 6.02. The fourth-order valence-electron chi connectivity index (χ4n) is 9.54. The molecular formula is C45H48F3N7O4. The van der Waals surface area contributed by atoms with Crippen molar-refractivity contribution in [2.45, 2.75) is 77.2 Å². The maximum Gasteiger partial charge on any atom is 0.433 e. The van der Waals surface area contributed by atoms with Crippen LogP contribution in [-0.4, -0.2) is 63.2 Å². The Hall–Kier alpha value is -5.79. The monoisotopic (exact) mass is 807 g/mol. The number of ether oxygens (including phenoxy) is 1. The number of nitrogens with zero attached hydrogens (tertiary/aromatic N) is 4. The summed E-state index contributed by atoms with van der Waals surface area (Å²) in [4.78, 5) is 57.4. The number of rotatable bonds is 11. The normalized spacial score (nSPS) is 23.0. The number of aromatic nitrogens is 3. The number of benzene rings is 2. The number of aromatic amines is 1. The first-order chi connectivity index (χ1) is 28.4. The Kier molecular flexibility index (Phi) is 11.2. The van der Waals surface area contributed by atoms with E-state index >= 15 is 0 Å². The van der Waals surface area contributed by atoms with Gasteiger partial charge in [0.05, 0.1) is 25.0 Å². The second-order valence-corrected chi connectivity index (χ2v) is 16.5. The van der Waals surface area contributed by atoms with E-state index in [1.54, 1.807) is 11.1 Å². The maximum absolute atomic E-state index is 13.6. The molecule has 4 aromatic rings. The van der Waals surface area contributed by atoms with Gasteiger partial charge in [0.25, 0.3) is 0 Å². The molecule has 3 N–H and O–H groups in total. The molecule has 0 radical (unpaired) electrons. The molecule has 59 heavy (non-hydrogen) atoms. The fraction of sp³-hybridized carbons (Fsp3) is 0.422. The number of methoxy groups -OCH3 is 1. The van der Waals surface area contributed by atoms with Crippen molar-refractivity contribution < 1.29 is 32.3 Å². The van der Waals surface area contributed by atoms with E-state index in [0.717, 1.165) is 77.4 Å². The van der Waals surface area contributed by atoms with Crippen molar-refractivity contribution in [3.63, 3.8) is 0 Å². The molecule has 308 valence electrons. The number of halogens is 3. The van der Waals surface area contributed by atoms with Crippen LogP contribution < -0.4 is 10.6 Å². The standard InChI is InChI=1S/C45H48F3N7O4/c1-25(2)40(54-44(58)59-3)43(57)55-18-4-5-36(55)41-51-24-35(53-41)30-13-11-28(12-14-30)27-7-9-29(10-8-27)33-20-34(49-23-33)38-31-15-16-32(19-31)39(38)42(56)52-22-26-6-17-37(50-21-26)45(46,47)48/h6-14,17,21,23-25,31-32,36,38-40H,4-5,15-16,18-20,22H2,1-3H3,(H,51,53)(H,52,56)(H,54,58)/t31?,32?,36-,38+,39-,40-/m0/s1. The zero-order valence-electron chi connectivity index (χ0n) is 33.3. The van der Waals surface area contributed by atoms with Crippen LogP contribution in [0, 0.1) is 29.6 Å². The lowest BCUT2D eigenvalue weighted by molar-refractivity contribution is -0.141.